The third-order valence-electron chi connectivity index (χ3n) is 3.49. The van der Waals surface area contributed by atoms with E-state index in [1.54, 1.807) is 18.8 Å². The van der Waals surface area contributed by atoms with Gasteiger partial charge in [-0.1, -0.05) is 87.4 Å². The van der Waals surface area contributed by atoms with Crippen LogP contribution in [0.15, 0.2) is 48.5 Å². The summed E-state index contributed by atoms with van der Waals surface area (Å²) in [5, 5.41) is 0. The fourth-order valence-electron chi connectivity index (χ4n) is 1.90. The van der Waals surface area contributed by atoms with Gasteiger partial charge in [0.15, 0.2) is 0 Å². The van der Waals surface area contributed by atoms with Gasteiger partial charge in [-0.15, -0.1) is 0 Å². The molecule has 2 rings (SSSR count). The number of hydrogen-bond donors (Lipinski definition) is 0. The summed E-state index contributed by atoms with van der Waals surface area (Å²) in [4.78, 5) is 0. The van der Waals surface area contributed by atoms with Crippen LogP contribution in [0.1, 0.15) is 61.8 Å². The molecule has 2 aromatic rings. The van der Waals surface area contributed by atoms with Crippen LogP contribution in [0.25, 0.3) is 0 Å². The predicted molar refractivity (Wildman–Crippen MR) is 144 cm³/mol. The summed E-state index contributed by atoms with van der Waals surface area (Å²) >= 11 is 12.2. The van der Waals surface area contributed by atoms with E-state index >= 15 is 0 Å². The molecule has 0 fully saturated rings. The molecular weight excluding hydrogens is 720 g/mol. The van der Waals surface area contributed by atoms with Gasteiger partial charge in [0.1, 0.15) is 0 Å². The van der Waals surface area contributed by atoms with E-state index in [2.05, 4.69) is 128 Å². The van der Waals surface area contributed by atoms with Gasteiger partial charge in [-0.2, -0.15) is 18.8 Å². The van der Waals surface area contributed by atoms with Crippen molar-refractivity contribution in [3.63, 3.8) is 0 Å². The van der Waals surface area contributed by atoms with Crippen molar-refractivity contribution < 1.29 is 64.1 Å². The third kappa shape index (κ3) is 45.1. The van der Waals surface area contributed by atoms with E-state index in [-0.39, 0.29) is 39.0 Å². The van der Waals surface area contributed by atoms with Crippen LogP contribution in [0.5, 0.6) is 0 Å². The monoisotopic (exact) mass is 758 g/mol. The van der Waals surface area contributed by atoms with Gasteiger partial charge in [0, 0.05) is 0 Å². The minimum atomic E-state index is -10.7. The van der Waals surface area contributed by atoms with Gasteiger partial charge in [-0.3, -0.25) is 0 Å². The van der Waals surface area contributed by atoms with Crippen LogP contribution in [-0.2, 0) is 76.8 Å². The molecule has 0 aliphatic heterocycles. The first-order chi connectivity index (χ1) is 14.8. The van der Waals surface area contributed by atoms with Crippen LogP contribution in [0.4, 0.5) is 25.2 Å². The van der Waals surface area contributed by atoms with Crippen molar-refractivity contribution in [2.75, 3.05) is 18.8 Å². The van der Waals surface area contributed by atoms with Crippen LogP contribution in [0, 0.1) is 13.8 Å². The van der Waals surface area contributed by atoms with Crippen molar-refractivity contribution in [2.45, 2.75) is 53.4 Å². The molecule has 0 bridgehead atoms. The standard InChI is InChI=1S/2C10H14.3CH4S.F6P.2Ru/c2*1-8(2)10-6-4-9(3)5-7-10;3*1-2;1-7(2,3,4,5)6;;/h2*4-8H,1-3H3;3*2H,1H3;;;/q;;;;;-1;2*+2/p-3. The van der Waals surface area contributed by atoms with Gasteiger partial charge in [-0.05, 0) is 36.8 Å². The fourth-order valence-corrected chi connectivity index (χ4v) is 1.90. The normalized spacial score (nSPS) is 11.1. The first kappa shape index (κ1) is 48.8. The number of benzene rings is 2. The molecule has 0 saturated carbocycles. The zero-order valence-corrected chi connectivity index (χ0v) is 28.2. The SMILES string of the molecule is C[S-].C[S-].C[S-].Cc1ccc(C(C)C)cc1.Cc1ccc(C(C)C)cc1.F[P-](F)(F)(F)(F)F.[Ru+2].[Ru+2]. The Labute approximate surface area is 251 Å². The second kappa shape index (κ2) is 22.7. The molecule has 0 aliphatic carbocycles. The Bertz CT molecular complexity index is 650. The molecule has 210 valence electrons. The summed E-state index contributed by atoms with van der Waals surface area (Å²) in [6, 6.07) is 17.4. The summed E-state index contributed by atoms with van der Waals surface area (Å²) in [7, 11) is -10.7. The topological polar surface area (TPSA) is 0 Å². The van der Waals surface area contributed by atoms with Crippen LogP contribution in [0.2, 0.25) is 0 Å². The summed E-state index contributed by atoms with van der Waals surface area (Å²) in [6.07, 6.45) is 4.75. The molecule has 0 radical (unpaired) electrons. The van der Waals surface area contributed by atoms with Crippen molar-refractivity contribution in [3.05, 3.63) is 70.8 Å². The molecule has 12 heteroatoms. The van der Waals surface area contributed by atoms with Gasteiger partial charge in [0.05, 0.1) is 0 Å². The number of halogens is 6. The van der Waals surface area contributed by atoms with Crippen molar-refractivity contribution in [2.24, 2.45) is 0 Å². The average Bonchev–Trinajstić information content (AvgIpc) is 2.71. The Balaban J connectivity index is -0.0000000801. The first-order valence-electron chi connectivity index (χ1n) is 9.77. The molecular formula is C23H37F6PRu2S3. The summed E-state index contributed by atoms with van der Waals surface area (Å²) in [5.41, 5.74) is 5.52. The van der Waals surface area contributed by atoms with Crippen molar-refractivity contribution in [3.8, 4) is 0 Å². The Hall–Kier alpha value is 0.747. The van der Waals surface area contributed by atoms with E-state index in [1.165, 1.54) is 22.3 Å². The maximum absolute atomic E-state index is 10.7. The van der Waals surface area contributed by atoms with Crippen LogP contribution in [0.3, 0.4) is 0 Å². The smallest absolute Gasteiger partial charge is 2.00 e. The summed E-state index contributed by atoms with van der Waals surface area (Å²) in [5.74, 6) is 1.31. The van der Waals surface area contributed by atoms with Crippen LogP contribution in [-0.4, -0.2) is 18.8 Å². The van der Waals surface area contributed by atoms with E-state index in [9.17, 15) is 25.2 Å². The third-order valence-corrected chi connectivity index (χ3v) is 3.49. The van der Waals surface area contributed by atoms with Gasteiger partial charge >= 0.3 is 71.9 Å². The van der Waals surface area contributed by atoms with E-state index in [0.717, 1.165) is 0 Å². The summed E-state index contributed by atoms with van der Waals surface area (Å²) < 4.78 is 59.2. The first-order valence-corrected chi connectivity index (χ1v) is 14.2. The predicted octanol–water partition coefficient (Wildman–Crippen LogP) is 10.1. The van der Waals surface area contributed by atoms with Crippen molar-refractivity contribution in [1.82, 2.24) is 0 Å². The molecule has 0 spiro atoms. The van der Waals surface area contributed by atoms with Gasteiger partial charge in [0.2, 0.25) is 0 Å². The molecule has 0 N–H and O–H groups in total. The molecule has 2 aromatic carbocycles. The van der Waals surface area contributed by atoms with E-state index in [4.69, 9.17) is 0 Å². The van der Waals surface area contributed by atoms with Crippen molar-refractivity contribution in [1.29, 1.82) is 0 Å². The van der Waals surface area contributed by atoms with Gasteiger partial charge < -0.3 is 37.9 Å². The Morgan fingerprint density at radius 3 is 0.743 bits per heavy atom. The second-order valence-electron chi connectivity index (χ2n) is 7.09. The molecule has 0 aromatic heterocycles. The minimum absolute atomic E-state index is 0. The van der Waals surface area contributed by atoms with E-state index in [1.807, 2.05) is 0 Å². The van der Waals surface area contributed by atoms with Crippen LogP contribution < -0.4 is 0 Å². The Morgan fingerprint density at radius 1 is 0.486 bits per heavy atom. The van der Waals surface area contributed by atoms with E-state index < -0.39 is 7.81 Å². The average molecular weight is 757 g/mol. The zero-order valence-electron chi connectivity index (χ0n) is 21.4. The zero-order chi connectivity index (χ0) is 27.5. The molecule has 35 heavy (non-hydrogen) atoms. The van der Waals surface area contributed by atoms with Crippen molar-refractivity contribution >= 4 is 45.7 Å². The largest absolute Gasteiger partial charge is 2.00 e. The van der Waals surface area contributed by atoms with Gasteiger partial charge in [-0.25, -0.2) is 0 Å². The molecule has 0 heterocycles. The second-order valence-corrected chi connectivity index (χ2v) is 9.01. The molecule has 0 nitrogen and oxygen atoms in total. The molecule has 0 saturated heterocycles. The van der Waals surface area contributed by atoms with Gasteiger partial charge in [0.25, 0.3) is 0 Å². The van der Waals surface area contributed by atoms with Crippen LogP contribution >= 0.6 is 7.81 Å². The quantitative estimate of drug-likeness (QED) is 0.130. The molecule has 0 unspecified atom stereocenters. The number of hydrogen-bond acceptors (Lipinski definition) is 3. The minimum Gasteiger partial charge on any atom is 2.00 e. The Kier molecular flexibility index (Phi) is 31.6. The summed E-state index contributed by atoms with van der Waals surface area (Å²) in [6.45, 7) is 13.1. The number of aryl methyl sites for hydroxylation is 2. The Morgan fingerprint density at radius 2 is 0.629 bits per heavy atom. The fraction of sp³-hybridized carbons (Fsp3) is 0.478. The number of rotatable bonds is 2. The van der Waals surface area contributed by atoms with E-state index in [0.29, 0.717) is 11.8 Å². The maximum atomic E-state index is 9.87. The molecule has 0 amide bonds. The molecule has 0 aliphatic rings. The molecule has 0 atom stereocenters. The maximum Gasteiger partial charge on any atom is 2.00 e.